The summed E-state index contributed by atoms with van der Waals surface area (Å²) in [5, 5.41) is 3.65. The summed E-state index contributed by atoms with van der Waals surface area (Å²) in [4.78, 5) is 12.0. The maximum Gasteiger partial charge on any atom is 0.220 e. The number of hydrogen-bond donors (Lipinski definition) is 2. The van der Waals surface area contributed by atoms with Crippen molar-refractivity contribution >= 4 is 23.2 Å². The zero-order valence-corrected chi connectivity index (χ0v) is 12.7. The van der Waals surface area contributed by atoms with Gasteiger partial charge in [-0.25, -0.2) is 0 Å². The number of nitrogens with one attached hydrogen (secondary N) is 1. The molecule has 1 atom stereocenters. The van der Waals surface area contributed by atoms with E-state index in [-0.39, 0.29) is 11.9 Å². The molecule has 0 aliphatic carbocycles. The molecule has 0 bridgehead atoms. The standard InChI is InChI=1S/C17H19ClN2O/c1-12(14-6-4-7-15(18)11-14)20-17(21)10-9-13-5-2-3-8-16(13)19/h2-8,11-12H,9-10,19H2,1H3,(H,20,21). The van der Waals surface area contributed by atoms with Crippen LogP contribution >= 0.6 is 11.6 Å². The van der Waals surface area contributed by atoms with Crippen molar-refractivity contribution in [3.8, 4) is 0 Å². The third kappa shape index (κ3) is 4.50. The van der Waals surface area contributed by atoms with Gasteiger partial charge >= 0.3 is 0 Å². The molecule has 3 nitrogen and oxygen atoms in total. The summed E-state index contributed by atoms with van der Waals surface area (Å²) in [6.45, 7) is 1.94. The van der Waals surface area contributed by atoms with E-state index in [1.165, 1.54) is 0 Å². The molecule has 0 saturated heterocycles. The van der Waals surface area contributed by atoms with Crippen molar-refractivity contribution in [1.29, 1.82) is 0 Å². The van der Waals surface area contributed by atoms with Gasteiger partial charge in [-0.15, -0.1) is 0 Å². The number of carbonyl (C=O) groups excluding carboxylic acids is 1. The van der Waals surface area contributed by atoms with Crippen LogP contribution in [0.15, 0.2) is 48.5 Å². The summed E-state index contributed by atoms with van der Waals surface area (Å²) in [6.07, 6.45) is 1.06. The first-order chi connectivity index (χ1) is 10.1. The largest absolute Gasteiger partial charge is 0.399 e. The Kier molecular flexibility index (Phi) is 5.23. The first-order valence-corrected chi connectivity index (χ1v) is 7.32. The smallest absolute Gasteiger partial charge is 0.220 e. The molecule has 0 spiro atoms. The quantitative estimate of drug-likeness (QED) is 0.827. The Morgan fingerprint density at radius 3 is 2.71 bits per heavy atom. The third-order valence-corrected chi connectivity index (χ3v) is 3.64. The van der Waals surface area contributed by atoms with E-state index < -0.39 is 0 Å². The number of amides is 1. The van der Waals surface area contributed by atoms with E-state index in [1.807, 2.05) is 55.5 Å². The minimum absolute atomic E-state index is 0.00530. The van der Waals surface area contributed by atoms with Crippen LogP contribution in [0.2, 0.25) is 5.02 Å². The number of carbonyl (C=O) groups is 1. The fourth-order valence-corrected chi connectivity index (χ4v) is 2.38. The Morgan fingerprint density at radius 1 is 1.24 bits per heavy atom. The molecule has 2 aromatic rings. The van der Waals surface area contributed by atoms with Crippen LogP contribution in [0.5, 0.6) is 0 Å². The van der Waals surface area contributed by atoms with Gasteiger partial charge in [0.25, 0.3) is 0 Å². The van der Waals surface area contributed by atoms with Gasteiger partial charge in [-0.3, -0.25) is 4.79 Å². The molecule has 0 heterocycles. The Bertz CT molecular complexity index is 628. The molecule has 0 saturated carbocycles. The lowest BCUT2D eigenvalue weighted by molar-refractivity contribution is -0.121. The highest BCUT2D eigenvalue weighted by molar-refractivity contribution is 6.30. The molecule has 0 aliphatic rings. The van der Waals surface area contributed by atoms with Crippen LogP contribution in [0.4, 0.5) is 5.69 Å². The number of nitrogen functional groups attached to an aromatic ring is 1. The number of aryl methyl sites for hydroxylation is 1. The van der Waals surface area contributed by atoms with Crippen molar-refractivity contribution in [3.63, 3.8) is 0 Å². The van der Waals surface area contributed by atoms with Crippen LogP contribution in [0.25, 0.3) is 0 Å². The molecule has 1 unspecified atom stereocenters. The van der Waals surface area contributed by atoms with Crippen molar-refractivity contribution in [1.82, 2.24) is 5.32 Å². The summed E-state index contributed by atoms with van der Waals surface area (Å²) < 4.78 is 0. The second-order valence-electron chi connectivity index (χ2n) is 5.04. The van der Waals surface area contributed by atoms with Gasteiger partial charge < -0.3 is 11.1 Å². The van der Waals surface area contributed by atoms with Crippen molar-refractivity contribution in [2.24, 2.45) is 0 Å². The highest BCUT2D eigenvalue weighted by atomic mass is 35.5. The van der Waals surface area contributed by atoms with E-state index in [2.05, 4.69) is 5.32 Å². The van der Waals surface area contributed by atoms with Crippen LogP contribution in [0.3, 0.4) is 0 Å². The van der Waals surface area contributed by atoms with Gasteiger partial charge in [-0.1, -0.05) is 41.9 Å². The van der Waals surface area contributed by atoms with Gasteiger partial charge in [0.2, 0.25) is 5.91 Å². The molecule has 2 rings (SSSR count). The average molecular weight is 303 g/mol. The number of para-hydroxylation sites is 1. The molecule has 110 valence electrons. The van der Waals surface area contributed by atoms with Crippen LogP contribution in [-0.2, 0) is 11.2 Å². The van der Waals surface area contributed by atoms with E-state index in [9.17, 15) is 4.79 Å². The highest BCUT2D eigenvalue weighted by Crippen LogP contribution is 2.18. The van der Waals surface area contributed by atoms with Gasteiger partial charge in [0.05, 0.1) is 6.04 Å². The van der Waals surface area contributed by atoms with E-state index in [4.69, 9.17) is 17.3 Å². The zero-order valence-electron chi connectivity index (χ0n) is 12.0. The van der Waals surface area contributed by atoms with E-state index in [0.29, 0.717) is 17.9 Å². The van der Waals surface area contributed by atoms with Crippen molar-refractivity contribution in [3.05, 3.63) is 64.7 Å². The lowest BCUT2D eigenvalue weighted by atomic mass is 10.1. The molecule has 0 radical (unpaired) electrons. The monoisotopic (exact) mass is 302 g/mol. The van der Waals surface area contributed by atoms with Gasteiger partial charge in [0.1, 0.15) is 0 Å². The summed E-state index contributed by atoms with van der Waals surface area (Å²) in [6, 6.07) is 15.1. The van der Waals surface area contributed by atoms with Crippen molar-refractivity contribution < 1.29 is 4.79 Å². The van der Waals surface area contributed by atoms with Crippen LogP contribution in [0.1, 0.15) is 30.5 Å². The van der Waals surface area contributed by atoms with E-state index >= 15 is 0 Å². The number of anilines is 1. The molecule has 1 amide bonds. The molecule has 2 aromatic carbocycles. The highest BCUT2D eigenvalue weighted by Gasteiger charge is 2.10. The minimum atomic E-state index is -0.0654. The van der Waals surface area contributed by atoms with Crippen LogP contribution < -0.4 is 11.1 Å². The second-order valence-corrected chi connectivity index (χ2v) is 5.48. The number of hydrogen-bond acceptors (Lipinski definition) is 2. The molecule has 0 aliphatic heterocycles. The van der Waals surface area contributed by atoms with Crippen molar-refractivity contribution in [2.75, 3.05) is 5.73 Å². The SMILES string of the molecule is CC(NC(=O)CCc1ccccc1N)c1cccc(Cl)c1. The lowest BCUT2D eigenvalue weighted by Gasteiger charge is -2.15. The zero-order chi connectivity index (χ0) is 15.2. The Hall–Kier alpha value is -2.00. The summed E-state index contributed by atoms with van der Waals surface area (Å²) in [7, 11) is 0. The number of nitrogens with two attached hydrogens (primary N) is 1. The number of halogens is 1. The molecule has 0 fully saturated rings. The topological polar surface area (TPSA) is 55.1 Å². The maximum atomic E-state index is 12.0. The second kappa shape index (κ2) is 7.14. The number of rotatable bonds is 5. The van der Waals surface area contributed by atoms with Gasteiger partial charge in [-0.2, -0.15) is 0 Å². The van der Waals surface area contributed by atoms with Crippen LogP contribution in [-0.4, -0.2) is 5.91 Å². The predicted molar refractivity (Wildman–Crippen MR) is 87.2 cm³/mol. The normalized spacial score (nSPS) is 11.9. The Labute approximate surface area is 130 Å². The minimum Gasteiger partial charge on any atom is -0.399 e. The van der Waals surface area contributed by atoms with Gasteiger partial charge in [0.15, 0.2) is 0 Å². The molecule has 0 aromatic heterocycles. The van der Waals surface area contributed by atoms with Gasteiger partial charge in [-0.05, 0) is 42.7 Å². The van der Waals surface area contributed by atoms with E-state index in [1.54, 1.807) is 0 Å². The molecule has 4 heteroatoms. The summed E-state index contributed by atoms with van der Waals surface area (Å²) in [5.74, 6) is 0.00530. The molecular weight excluding hydrogens is 284 g/mol. The fourth-order valence-electron chi connectivity index (χ4n) is 2.18. The van der Waals surface area contributed by atoms with E-state index in [0.717, 1.165) is 16.8 Å². The lowest BCUT2D eigenvalue weighted by Crippen LogP contribution is -2.26. The van der Waals surface area contributed by atoms with Gasteiger partial charge in [0, 0.05) is 17.1 Å². The molecule has 3 N–H and O–H groups in total. The number of benzene rings is 2. The Balaban J connectivity index is 1.89. The first-order valence-electron chi connectivity index (χ1n) is 6.94. The fraction of sp³-hybridized carbons (Fsp3) is 0.235. The molecule has 21 heavy (non-hydrogen) atoms. The first kappa shape index (κ1) is 15.4. The van der Waals surface area contributed by atoms with Crippen molar-refractivity contribution in [2.45, 2.75) is 25.8 Å². The van der Waals surface area contributed by atoms with Crippen LogP contribution in [0, 0.1) is 0 Å². The average Bonchev–Trinajstić information content (AvgIpc) is 2.46. The molecular formula is C17H19ClN2O. The predicted octanol–water partition coefficient (Wildman–Crippen LogP) is 3.73. The third-order valence-electron chi connectivity index (χ3n) is 3.40. The summed E-state index contributed by atoms with van der Waals surface area (Å²) >= 11 is 5.96. The Morgan fingerprint density at radius 2 is 2.00 bits per heavy atom. The maximum absolute atomic E-state index is 12.0. The summed E-state index contributed by atoms with van der Waals surface area (Å²) in [5.41, 5.74) is 8.60.